The van der Waals surface area contributed by atoms with Crippen LogP contribution >= 0.6 is 0 Å². The van der Waals surface area contributed by atoms with Crippen molar-refractivity contribution in [2.24, 2.45) is 0 Å². The second-order valence-electron chi connectivity index (χ2n) is 4.46. The third kappa shape index (κ3) is 1.70. The first-order valence-electron chi connectivity index (χ1n) is 6.19. The van der Waals surface area contributed by atoms with Crippen LogP contribution in [0.4, 0.5) is 5.69 Å². The van der Waals surface area contributed by atoms with Gasteiger partial charge in [-0.1, -0.05) is 18.2 Å². The highest BCUT2D eigenvalue weighted by atomic mass is 16.1. The Bertz CT molecular complexity index is 563. The molecule has 18 heavy (non-hydrogen) atoms. The van der Waals surface area contributed by atoms with Gasteiger partial charge in [0.2, 0.25) is 5.78 Å². The number of imidazole rings is 1. The molecule has 0 radical (unpaired) electrons. The van der Waals surface area contributed by atoms with Crippen LogP contribution < -0.4 is 5.32 Å². The van der Waals surface area contributed by atoms with E-state index in [0.29, 0.717) is 5.82 Å². The molecular weight excluding hydrogens is 226 g/mol. The Kier molecular flexibility index (Phi) is 2.63. The first-order chi connectivity index (χ1) is 8.79. The standard InChI is InChI=1S/C14H15N3O/c1-2-17-8-7-15-14(17)13(18)12-9-10-5-3-4-6-11(10)16-12/h3-8,12,16H,2,9H2,1H3. The van der Waals surface area contributed by atoms with Gasteiger partial charge in [-0.05, 0) is 18.6 Å². The number of nitrogens with one attached hydrogen (secondary N) is 1. The van der Waals surface area contributed by atoms with Crippen LogP contribution in [0.3, 0.4) is 0 Å². The number of rotatable bonds is 3. The average Bonchev–Trinajstić information content (AvgIpc) is 3.03. The molecular formula is C14H15N3O. The zero-order chi connectivity index (χ0) is 12.5. The zero-order valence-corrected chi connectivity index (χ0v) is 10.3. The van der Waals surface area contributed by atoms with Crippen molar-refractivity contribution < 1.29 is 4.79 Å². The monoisotopic (exact) mass is 241 g/mol. The molecule has 2 heterocycles. The van der Waals surface area contributed by atoms with Gasteiger partial charge in [-0.2, -0.15) is 0 Å². The van der Waals surface area contributed by atoms with Crippen molar-refractivity contribution >= 4 is 11.5 Å². The number of aryl methyl sites for hydroxylation is 1. The molecule has 2 aromatic rings. The number of benzene rings is 1. The lowest BCUT2D eigenvalue weighted by molar-refractivity contribution is 0.0957. The fraction of sp³-hybridized carbons (Fsp3) is 0.286. The van der Waals surface area contributed by atoms with E-state index in [4.69, 9.17) is 0 Å². The number of nitrogens with zero attached hydrogens (tertiary/aromatic N) is 2. The van der Waals surface area contributed by atoms with Gasteiger partial charge in [0.15, 0.2) is 5.82 Å². The molecule has 1 N–H and O–H groups in total. The molecule has 4 nitrogen and oxygen atoms in total. The fourth-order valence-corrected chi connectivity index (χ4v) is 2.40. The van der Waals surface area contributed by atoms with E-state index in [2.05, 4.69) is 16.4 Å². The molecule has 0 fully saturated rings. The third-order valence-corrected chi connectivity index (χ3v) is 3.36. The maximum atomic E-state index is 12.4. The quantitative estimate of drug-likeness (QED) is 0.837. The predicted molar refractivity (Wildman–Crippen MR) is 69.8 cm³/mol. The minimum Gasteiger partial charge on any atom is -0.374 e. The Morgan fingerprint density at radius 2 is 2.33 bits per heavy atom. The molecule has 4 heteroatoms. The van der Waals surface area contributed by atoms with Crippen LogP contribution in [-0.2, 0) is 13.0 Å². The molecule has 0 saturated carbocycles. The SMILES string of the molecule is CCn1ccnc1C(=O)C1Cc2ccccc2N1. The van der Waals surface area contributed by atoms with Crippen molar-refractivity contribution in [3.05, 3.63) is 48.0 Å². The second kappa shape index (κ2) is 4.29. The smallest absolute Gasteiger partial charge is 0.220 e. The Morgan fingerprint density at radius 3 is 3.11 bits per heavy atom. The molecule has 1 aromatic heterocycles. The van der Waals surface area contributed by atoms with Gasteiger partial charge in [-0.15, -0.1) is 0 Å². The van der Waals surface area contributed by atoms with Crippen LogP contribution in [0.15, 0.2) is 36.7 Å². The van der Waals surface area contributed by atoms with Gasteiger partial charge in [0, 0.05) is 31.0 Å². The predicted octanol–water partition coefficient (Wildman–Crippen LogP) is 2.12. The molecule has 1 unspecified atom stereocenters. The van der Waals surface area contributed by atoms with E-state index in [1.54, 1.807) is 6.20 Å². The van der Waals surface area contributed by atoms with Crippen LogP contribution in [0, 0.1) is 0 Å². The zero-order valence-electron chi connectivity index (χ0n) is 10.3. The number of fused-ring (bicyclic) bond motifs is 1. The van der Waals surface area contributed by atoms with E-state index in [-0.39, 0.29) is 11.8 Å². The Labute approximate surface area is 106 Å². The van der Waals surface area contributed by atoms with Gasteiger partial charge < -0.3 is 9.88 Å². The Hall–Kier alpha value is -2.10. The van der Waals surface area contributed by atoms with Gasteiger partial charge in [0.1, 0.15) is 0 Å². The van der Waals surface area contributed by atoms with Gasteiger partial charge in [0.25, 0.3) is 0 Å². The van der Waals surface area contributed by atoms with Gasteiger partial charge in [-0.3, -0.25) is 4.79 Å². The van der Waals surface area contributed by atoms with E-state index in [1.807, 2.05) is 35.9 Å². The minimum atomic E-state index is -0.185. The van der Waals surface area contributed by atoms with Crippen molar-refractivity contribution in [3.8, 4) is 0 Å². The van der Waals surface area contributed by atoms with Crippen LogP contribution in [0.1, 0.15) is 23.1 Å². The highest BCUT2D eigenvalue weighted by molar-refractivity contribution is 6.00. The molecule has 1 aromatic carbocycles. The highest BCUT2D eigenvalue weighted by Crippen LogP contribution is 2.26. The maximum absolute atomic E-state index is 12.4. The topological polar surface area (TPSA) is 46.9 Å². The summed E-state index contributed by atoms with van der Waals surface area (Å²) in [5, 5.41) is 3.27. The maximum Gasteiger partial charge on any atom is 0.220 e. The highest BCUT2D eigenvalue weighted by Gasteiger charge is 2.29. The summed E-state index contributed by atoms with van der Waals surface area (Å²) >= 11 is 0. The van der Waals surface area contributed by atoms with Crippen molar-refractivity contribution in [2.75, 3.05) is 5.32 Å². The lowest BCUT2D eigenvalue weighted by Crippen LogP contribution is -2.29. The van der Waals surface area contributed by atoms with Crippen LogP contribution in [0.5, 0.6) is 0 Å². The first-order valence-corrected chi connectivity index (χ1v) is 6.19. The van der Waals surface area contributed by atoms with E-state index in [9.17, 15) is 4.79 Å². The number of carbonyl (C=O) groups is 1. The normalized spacial score (nSPS) is 17.3. The third-order valence-electron chi connectivity index (χ3n) is 3.36. The second-order valence-corrected chi connectivity index (χ2v) is 4.46. The molecule has 0 amide bonds. The molecule has 0 saturated heterocycles. The Balaban J connectivity index is 1.85. The van der Waals surface area contributed by atoms with E-state index >= 15 is 0 Å². The number of hydrogen-bond donors (Lipinski definition) is 1. The molecule has 92 valence electrons. The number of anilines is 1. The lowest BCUT2D eigenvalue weighted by atomic mass is 10.1. The van der Waals surface area contributed by atoms with Crippen molar-refractivity contribution in [2.45, 2.75) is 25.9 Å². The van der Waals surface area contributed by atoms with Crippen LogP contribution in [-0.4, -0.2) is 21.4 Å². The molecule has 1 atom stereocenters. The van der Waals surface area contributed by atoms with E-state index in [1.165, 1.54) is 5.56 Å². The molecule has 0 bridgehead atoms. The van der Waals surface area contributed by atoms with Crippen molar-refractivity contribution in [3.63, 3.8) is 0 Å². The fourth-order valence-electron chi connectivity index (χ4n) is 2.40. The number of aromatic nitrogens is 2. The summed E-state index contributed by atoms with van der Waals surface area (Å²) in [5.41, 5.74) is 2.26. The Morgan fingerprint density at radius 1 is 1.50 bits per heavy atom. The average molecular weight is 241 g/mol. The molecule has 0 aliphatic carbocycles. The summed E-state index contributed by atoms with van der Waals surface area (Å²) in [6.07, 6.45) is 4.26. The minimum absolute atomic E-state index is 0.0676. The van der Waals surface area contributed by atoms with Crippen molar-refractivity contribution in [1.82, 2.24) is 9.55 Å². The largest absolute Gasteiger partial charge is 0.374 e. The van der Waals surface area contributed by atoms with E-state index in [0.717, 1.165) is 18.7 Å². The summed E-state index contributed by atoms with van der Waals surface area (Å²) in [5.74, 6) is 0.612. The number of ketones is 1. The van der Waals surface area contributed by atoms with Gasteiger partial charge in [0.05, 0.1) is 6.04 Å². The summed E-state index contributed by atoms with van der Waals surface area (Å²) in [7, 11) is 0. The summed E-state index contributed by atoms with van der Waals surface area (Å²) < 4.78 is 1.88. The molecule has 1 aliphatic rings. The van der Waals surface area contributed by atoms with Crippen LogP contribution in [0.2, 0.25) is 0 Å². The lowest BCUT2D eigenvalue weighted by Gasteiger charge is -2.10. The number of para-hydroxylation sites is 1. The summed E-state index contributed by atoms with van der Waals surface area (Å²) in [6.45, 7) is 2.77. The molecule has 1 aliphatic heterocycles. The van der Waals surface area contributed by atoms with Crippen LogP contribution in [0.25, 0.3) is 0 Å². The van der Waals surface area contributed by atoms with Crippen molar-refractivity contribution in [1.29, 1.82) is 0 Å². The van der Waals surface area contributed by atoms with Gasteiger partial charge >= 0.3 is 0 Å². The summed E-state index contributed by atoms with van der Waals surface area (Å²) in [4.78, 5) is 16.6. The number of hydrogen-bond acceptors (Lipinski definition) is 3. The summed E-state index contributed by atoms with van der Waals surface area (Å²) in [6, 6.07) is 7.86. The number of Topliss-reactive ketones (excluding diaryl/α,β-unsaturated/α-hetero) is 1. The molecule has 0 spiro atoms. The van der Waals surface area contributed by atoms with Gasteiger partial charge in [-0.25, -0.2) is 4.98 Å². The van der Waals surface area contributed by atoms with E-state index < -0.39 is 0 Å². The molecule has 3 rings (SSSR count). The number of carbonyl (C=O) groups excluding carboxylic acids is 1. The first kappa shape index (κ1) is 11.0.